The quantitative estimate of drug-likeness (QED) is 0.907. The highest BCUT2D eigenvalue weighted by Crippen LogP contribution is 2.27. The van der Waals surface area contributed by atoms with Crippen LogP contribution in [0, 0.1) is 0 Å². The van der Waals surface area contributed by atoms with Crippen molar-refractivity contribution in [2.45, 2.75) is 25.9 Å². The summed E-state index contributed by atoms with van der Waals surface area (Å²) < 4.78 is 0. The zero-order valence-corrected chi connectivity index (χ0v) is 11.5. The van der Waals surface area contributed by atoms with Crippen molar-refractivity contribution in [2.24, 2.45) is 0 Å². The lowest BCUT2D eigenvalue weighted by Crippen LogP contribution is -2.23. The average molecular weight is 286 g/mol. The lowest BCUT2D eigenvalue weighted by atomic mass is 10.1. The summed E-state index contributed by atoms with van der Waals surface area (Å²) >= 11 is 12.0. The van der Waals surface area contributed by atoms with E-state index in [9.17, 15) is 0 Å². The third-order valence-corrected chi connectivity index (χ3v) is 3.24. The SMILES string of the molecule is CC(NC(C)c1ccc(Cl)cc1Cl)c1nn[nH]n1. The number of nitrogens with zero attached hydrogens (tertiary/aromatic N) is 3. The summed E-state index contributed by atoms with van der Waals surface area (Å²) in [6, 6.07) is 5.50. The van der Waals surface area contributed by atoms with E-state index in [2.05, 4.69) is 25.9 Å². The first-order valence-corrected chi connectivity index (χ1v) is 6.28. The standard InChI is InChI=1S/C11H13Cl2N5/c1-6(9-4-3-8(12)5-10(9)13)14-7(2)11-15-17-18-16-11/h3-7,14H,1-2H3,(H,15,16,17,18). The topological polar surface area (TPSA) is 66.5 Å². The van der Waals surface area contributed by atoms with Gasteiger partial charge in [0.25, 0.3) is 0 Å². The number of rotatable bonds is 4. The van der Waals surface area contributed by atoms with Gasteiger partial charge in [-0.2, -0.15) is 5.21 Å². The van der Waals surface area contributed by atoms with Crippen LogP contribution < -0.4 is 5.32 Å². The molecule has 0 spiro atoms. The fraction of sp³-hybridized carbons (Fsp3) is 0.364. The van der Waals surface area contributed by atoms with Gasteiger partial charge in [-0.25, -0.2) is 0 Å². The molecule has 0 amide bonds. The lowest BCUT2D eigenvalue weighted by Gasteiger charge is -2.19. The number of hydrogen-bond acceptors (Lipinski definition) is 4. The van der Waals surface area contributed by atoms with Gasteiger partial charge < -0.3 is 5.32 Å². The summed E-state index contributed by atoms with van der Waals surface area (Å²) in [5.74, 6) is 0.618. The molecule has 2 unspecified atom stereocenters. The van der Waals surface area contributed by atoms with Gasteiger partial charge in [-0.3, -0.25) is 0 Å². The van der Waals surface area contributed by atoms with Crippen molar-refractivity contribution in [3.05, 3.63) is 39.6 Å². The highest BCUT2D eigenvalue weighted by molar-refractivity contribution is 6.35. The molecular formula is C11H13Cl2N5. The summed E-state index contributed by atoms with van der Waals surface area (Å²) in [6.45, 7) is 3.98. The molecule has 0 saturated carbocycles. The molecule has 1 aromatic carbocycles. The Hall–Kier alpha value is -1.17. The van der Waals surface area contributed by atoms with E-state index in [1.165, 1.54) is 0 Å². The van der Waals surface area contributed by atoms with Crippen molar-refractivity contribution in [1.29, 1.82) is 0 Å². The number of aromatic amines is 1. The average Bonchev–Trinajstić information content (AvgIpc) is 2.81. The van der Waals surface area contributed by atoms with Crippen LogP contribution in [0.5, 0.6) is 0 Å². The maximum absolute atomic E-state index is 6.16. The Morgan fingerprint density at radius 2 is 2.00 bits per heavy atom. The van der Waals surface area contributed by atoms with Crippen molar-refractivity contribution >= 4 is 23.2 Å². The molecule has 18 heavy (non-hydrogen) atoms. The van der Waals surface area contributed by atoms with Crippen LogP contribution >= 0.6 is 23.2 Å². The van der Waals surface area contributed by atoms with Gasteiger partial charge in [0.1, 0.15) is 0 Å². The minimum Gasteiger partial charge on any atom is -0.301 e. The van der Waals surface area contributed by atoms with Gasteiger partial charge >= 0.3 is 0 Å². The van der Waals surface area contributed by atoms with Crippen LogP contribution in [-0.2, 0) is 0 Å². The minimum absolute atomic E-state index is 0.0227. The molecule has 96 valence electrons. The number of hydrogen-bond donors (Lipinski definition) is 2. The predicted molar refractivity (Wildman–Crippen MR) is 70.6 cm³/mol. The molecule has 0 aliphatic carbocycles. The number of H-pyrrole nitrogens is 1. The monoisotopic (exact) mass is 285 g/mol. The fourth-order valence-electron chi connectivity index (χ4n) is 1.74. The Morgan fingerprint density at radius 1 is 1.22 bits per heavy atom. The fourth-order valence-corrected chi connectivity index (χ4v) is 2.32. The first kappa shape index (κ1) is 13.3. The van der Waals surface area contributed by atoms with Gasteiger partial charge in [-0.05, 0) is 31.5 Å². The van der Waals surface area contributed by atoms with Crippen LogP contribution in [0.1, 0.15) is 37.3 Å². The molecule has 5 nitrogen and oxygen atoms in total. The van der Waals surface area contributed by atoms with Crippen molar-refractivity contribution in [3.8, 4) is 0 Å². The molecule has 0 aliphatic rings. The van der Waals surface area contributed by atoms with E-state index in [1.54, 1.807) is 6.07 Å². The molecule has 0 aliphatic heterocycles. The Morgan fingerprint density at radius 3 is 2.61 bits per heavy atom. The van der Waals surface area contributed by atoms with Gasteiger partial charge in [0.2, 0.25) is 0 Å². The zero-order valence-electron chi connectivity index (χ0n) is 9.98. The van der Waals surface area contributed by atoms with E-state index in [0.717, 1.165) is 5.56 Å². The summed E-state index contributed by atoms with van der Waals surface area (Å²) in [4.78, 5) is 0. The van der Waals surface area contributed by atoms with Crippen LogP contribution in [-0.4, -0.2) is 20.6 Å². The normalized spacial score (nSPS) is 14.4. The Balaban J connectivity index is 2.10. The zero-order chi connectivity index (χ0) is 13.1. The molecule has 2 atom stereocenters. The third kappa shape index (κ3) is 2.98. The summed E-state index contributed by atoms with van der Waals surface area (Å²) in [5, 5.41) is 18.4. The van der Waals surface area contributed by atoms with E-state index >= 15 is 0 Å². The van der Waals surface area contributed by atoms with Crippen LogP contribution in [0.25, 0.3) is 0 Å². The first-order chi connectivity index (χ1) is 8.58. The van der Waals surface area contributed by atoms with Crippen LogP contribution in [0.2, 0.25) is 10.0 Å². The van der Waals surface area contributed by atoms with E-state index in [1.807, 2.05) is 26.0 Å². The smallest absolute Gasteiger partial charge is 0.191 e. The van der Waals surface area contributed by atoms with Crippen molar-refractivity contribution in [1.82, 2.24) is 25.9 Å². The molecule has 0 fully saturated rings. The maximum Gasteiger partial charge on any atom is 0.191 e. The number of nitrogens with one attached hydrogen (secondary N) is 2. The number of benzene rings is 1. The molecule has 0 radical (unpaired) electrons. The van der Waals surface area contributed by atoms with Crippen LogP contribution in [0.3, 0.4) is 0 Å². The van der Waals surface area contributed by atoms with E-state index < -0.39 is 0 Å². The van der Waals surface area contributed by atoms with Gasteiger partial charge in [0, 0.05) is 16.1 Å². The Labute approximate surface area is 115 Å². The number of halogens is 2. The molecular weight excluding hydrogens is 273 g/mol. The molecule has 7 heteroatoms. The molecule has 2 N–H and O–H groups in total. The van der Waals surface area contributed by atoms with Gasteiger partial charge in [0.15, 0.2) is 5.82 Å². The molecule has 2 rings (SSSR count). The minimum atomic E-state index is -0.0227. The molecule has 0 bridgehead atoms. The Kier molecular flexibility index (Phi) is 4.16. The van der Waals surface area contributed by atoms with Gasteiger partial charge in [-0.1, -0.05) is 34.5 Å². The first-order valence-electron chi connectivity index (χ1n) is 5.52. The van der Waals surface area contributed by atoms with E-state index in [-0.39, 0.29) is 12.1 Å². The highest BCUT2D eigenvalue weighted by atomic mass is 35.5. The predicted octanol–water partition coefficient (Wildman–Crippen LogP) is 2.92. The van der Waals surface area contributed by atoms with Gasteiger partial charge in [0.05, 0.1) is 6.04 Å². The second kappa shape index (κ2) is 5.65. The number of aromatic nitrogens is 4. The van der Waals surface area contributed by atoms with Crippen molar-refractivity contribution < 1.29 is 0 Å². The second-order valence-electron chi connectivity index (χ2n) is 4.05. The van der Waals surface area contributed by atoms with Gasteiger partial charge in [-0.15, -0.1) is 10.2 Å². The summed E-state index contributed by atoms with van der Waals surface area (Å²) in [6.07, 6.45) is 0. The highest BCUT2D eigenvalue weighted by Gasteiger charge is 2.16. The summed E-state index contributed by atoms with van der Waals surface area (Å²) in [7, 11) is 0. The maximum atomic E-state index is 6.16. The van der Waals surface area contributed by atoms with Crippen LogP contribution in [0.15, 0.2) is 18.2 Å². The molecule has 2 aromatic rings. The van der Waals surface area contributed by atoms with Crippen molar-refractivity contribution in [3.63, 3.8) is 0 Å². The lowest BCUT2D eigenvalue weighted by molar-refractivity contribution is 0.477. The second-order valence-corrected chi connectivity index (χ2v) is 4.89. The largest absolute Gasteiger partial charge is 0.301 e. The van der Waals surface area contributed by atoms with Crippen LogP contribution in [0.4, 0.5) is 0 Å². The van der Waals surface area contributed by atoms with E-state index in [0.29, 0.717) is 15.9 Å². The molecule has 1 heterocycles. The van der Waals surface area contributed by atoms with E-state index in [4.69, 9.17) is 23.2 Å². The molecule has 0 saturated heterocycles. The third-order valence-electron chi connectivity index (χ3n) is 2.68. The molecule has 1 aromatic heterocycles. The van der Waals surface area contributed by atoms with Crippen molar-refractivity contribution in [2.75, 3.05) is 0 Å². The summed E-state index contributed by atoms with van der Waals surface area (Å²) in [5.41, 5.74) is 0.983. The number of tetrazole rings is 1. The Bertz CT molecular complexity index is 514.